The number of carbonyl (C=O) groups is 1. The molecule has 27 heavy (non-hydrogen) atoms. The van der Waals surface area contributed by atoms with Crippen LogP contribution >= 0.6 is 23.1 Å². The van der Waals surface area contributed by atoms with Crippen molar-refractivity contribution < 1.29 is 4.79 Å². The van der Waals surface area contributed by atoms with Crippen molar-refractivity contribution in [1.82, 2.24) is 9.55 Å². The molecule has 140 valence electrons. The standard InChI is InChI=1S/C20H21N3O2S2/c1-11-8-9-14-15(10-11)27-18-16(14)19(25)23(13-6-4-3-5-7-13)20(22-18)26-12(2)17(21)24/h3-7,11-12H,8-10H2,1-2H3,(H2,21,24). The van der Waals surface area contributed by atoms with Gasteiger partial charge in [0.2, 0.25) is 5.91 Å². The van der Waals surface area contributed by atoms with Gasteiger partial charge < -0.3 is 5.73 Å². The molecule has 1 aliphatic rings. The lowest BCUT2D eigenvalue weighted by atomic mass is 9.89. The quantitative estimate of drug-likeness (QED) is 0.538. The third-order valence-corrected chi connectivity index (χ3v) is 7.21. The lowest BCUT2D eigenvalue weighted by Crippen LogP contribution is -2.26. The topological polar surface area (TPSA) is 78.0 Å². The van der Waals surface area contributed by atoms with Crippen molar-refractivity contribution in [1.29, 1.82) is 0 Å². The minimum absolute atomic E-state index is 0.0579. The molecule has 0 bridgehead atoms. The zero-order valence-electron chi connectivity index (χ0n) is 15.3. The first-order valence-corrected chi connectivity index (χ1v) is 10.7. The lowest BCUT2D eigenvalue weighted by molar-refractivity contribution is -0.117. The molecule has 2 aromatic heterocycles. The first kappa shape index (κ1) is 18.3. The van der Waals surface area contributed by atoms with Gasteiger partial charge in [0.05, 0.1) is 16.3 Å². The van der Waals surface area contributed by atoms with Gasteiger partial charge in [-0.05, 0) is 49.8 Å². The molecule has 1 aromatic carbocycles. The molecular weight excluding hydrogens is 378 g/mol. The molecule has 0 saturated heterocycles. The van der Waals surface area contributed by atoms with Gasteiger partial charge in [0.15, 0.2) is 5.16 Å². The molecule has 2 unspecified atom stereocenters. The molecule has 0 radical (unpaired) electrons. The maximum absolute atomic E-state index is 13.5. The van der Waals surface area contributed by atoms with Gasteiger partial charge in [-0.2, -0.15) is 0 Å². The molecule has 1 amide bonds. The lowest BCUT2D eigenvalue weighted by Gasteiger charge is -2.18. The molecular formula is C20H21N3O2S2. The number of primary amides is 1. The Balaban J connectivity index is 1.97. The highest BCUT2D eigenvalue weighted by Crippen LogP contribution is 2.37. The van der Waals surface area contributed by atoms with Gasteiger partial charge in [0.25, 0.3) is 5.56 Å². The summed E-state index contributed by atoms with van der Waals surface area (Å²) in [7, 11) is 0. The number of aryl methyl sites for hydroxylation is 1. The number of aromatic nitrogens is 2. The van der Waals surface area contributed by atoms with E-state index in [-0.39, 0.29) is 5.56 Å². The van der Waals surface area contributed by atoms with E-state index in [9.17, 15) is 9.59 Å². The molecule has 0 spiro atoms. The first-order valence-electron chi connectivity index (χ1n) is 9.04. The second kappa shape index (κ2) is 7.13. The molecule has 2 atom stereocenters. The van der Waals surface area contributed by atoms with E-state index in [0.717, 1.165) is 40.7 Å². The van der Waals surface area contributed by atoms with Gasteiger partial charge in [-0.1, -0.05) is 36.9 Å². The summed E-state index contributed by atoms with van der Waals surface area (Å²) in [6.45, 7) is 3.98. The Labute approximate surface area is 165 Å². The molecule has 5 nitrogen and oxygen atoms in total. The predicted octanol–water partition coefficient (Wildman–Crippen LogP) is 3.54. The largest absolute Gasteiger partial charge is 0.369 e. The smallest absolute Gasteiger partial charge is 0.267 e. The highest BCUT2D eigenvalue weighted by atomic mass is 32.2. The summed E-state index contributed by atoms with van der Waals surface area (Å²) in [5.41, 5.74) is 7.30. The van der Waals surface area contributed by atoms with Gasteiger partial charge in [-0.25, -0.2) is 4.98 Å². The molecule has 0 saturated carbocycles. The van der Waals surface area contributed by atoms with Crippen LogP contribution in [0, 0.1) is 5.92 Å². The van der Waals surface area contributed by atoms with E-state index >= 15 is 0 Å². The number of thioether (sulfide) groups is 1. The Morgan fingerprint density at radius 1 is 1.37 bits per heavy atom. The van der Waals surface area contributed by atoms with Gasteiger partial charge >= 0.3 is 0 Å². The second-order valence-corrected chi connectivity index (χ2v) is 9.46. The monoisotopic (exact) mass is 399 g/mol. The van der Waals surface area contributed by atoms with Crippen molar-refractivity contribution in [3.05, 3.63) is 51.1 Å². The zero-order chi connectivity index (χ0) is 19.1. The van der Waals surface area contributed by atoms with Gasteiger partial charge in [-0.3, -0.25) is 14.2 Å². The highest BCUT2D eigenvalue weighted by molar-refractivity contribution is 8.00. The van der Waals surface area contributed by atoms with E-state index in [0.29, 0.717) is 11.1 Å². The molecule has 7 heteroatoms. The number of rotatable bonds is 4. The fourth-order valence-electron chi connectivity index (χ4n) is 3.47. The third kappa shape index (κ3) is 3.30. The second-order valence-electron chi connectivity index (χ2n) is 7.06. The molecule has 0 aliphatic heterocycles. The fraction of sp³-hybridized carbons (Fsp3) is 0.350. The van der Waals surface area contributed by atoms with E-state index < -0.39 is 11.2 Å². The Bertz CT molecular complexity index is 1070. The number of thiophene rings is 1. The Morgan fingerprint density at radius 3 is 2.81 bits per heavy atom. The molecule has 3 aromatic rings. The third-order valence-electron chi connectivity index (χ3n) is 5.00. The van der Waals surface area contributed by atoms with Gasteiger partial charge in [0, 0.05) is 4.88 Å². The number of nitrogens with two attached hydrogens (primary N) is 1. The zero-order valence-corrected chi connectivity index (χ0v) is 16.9. The Hall–Kier alpha value is -2.12. The van der Waals surface area contributed by atoms with E-state index in [4.69, 9.17) is 10.7 Å². The van der Waals surface area contributed by atoms with Crippen molar-refractivity contribution in [2.75, 3.05) is 0 Å². The van der Waals surface area contributed by atoms with E-state index in [2.05, 4.69) is 6.92 Å². The van der Waals surface area contributed by atoms with Crippen molar-refractivity contribution in [3.63, 3.8) is 0 Å². The predicted molar refractivity (Wildman–Crippen MR) is 111 cm³/mol. The normalized spacial score (nSPS) is 17.6. The van der Waals surface area contributed by atoms with E-state index in [1.54, 1.807) is 22.8 Å². The number of hydrogen-bond acceptors (Lipinski definition) is 5. The van der Waals surface area contributed by atoms with Crippen LogP contribution in [-0.4, -0.2) is 20.7 Å². The minimum Gasteiger partial charge on any atom is -0.369 e. The molecule has 4 rings (SSSR count). The van der Waals surface area contributed by atoms with Crippen molar-refractivity contribution in [2.45, 2.75) is 43.5 Å². The summed E-state index contributed by atoms with van der Waals surface area (Å²) in [5, 5.41) is 0.775. The Kier molecular flexibility index (Phi) is 4.82. The van der Waals surface area contributed by atoms with E-state index in [1.165, 1.54) is 16.6 Å². The highest BCUT2D eigenvalue weighted by Gasteiger charge is 2.26. The van der Waals surface area contributed by atoms with Gasteiger partial charge in [0.1, 0.15) is 4.83 Å². The molecule has 2 N–H and O–H groups in total. The molecule has 1 aliphatic carbocycles. The summed E-state index contributed by atoms with van der Waals surface area (Å²) in [5.74, 6) is 0.207. The SMILES string of the molecule is CC1CCc2c(sc3nc(SC(C)C(N)=O)n(-c4ccccc4)c(=O)c23)C1. The number of fused-ring (bicyclic) bond motifs is 3. The van der Waals surface area contributed by atoms with Crippen LogP contribution in [0.5, 0.6) is 0 Å². The average Bonchev–Trinajstić information content (AvgIpc) is 2.99. The number of benzene rings is 1. The molecule has 0 fully saturated rings. The minimum atomic E-state index is -0.473. The molecule has 2 heterocycles. The van der Waals surface area contributed by atoms with Crippen molar-refractivity contribution >= 4 is 39.2 Å². The van der Waals surface area contributed by atoms with Crippen molar-refractivity contribution in [2.24, 2.45) is 11.7 Å². The number of carbonyl (C=O) groups excluding carboxylic acids is 1. The fourth-order valence-corrected chi connectivity index (χ4v) is 5.77. The van der Waals surface area contributed by atoms with Crippen LogP contribution in [0.25, 0.3) is 15.9 Å². The van der Waals surface area contributed by atoms with Crippen LogP contribution in [0.4, 0.5) is 0 Å². The summed E-state index contributed by atoms with van der Waals surface area (Å²) in [6, 6.07) is 9.46. The first-order chi connectivity index (χ1) is 13.0. The summed E-state index contributed by atoms with van der Waals surface area (Å²) >= 11 is 2.85. The van der Waals surface area contributed by atoms with Crippen LogP contribution < -0.4 is 11.3 Å². The van der Waals surface area contributed by atoms with E-state index in [1.807, 2.05) is 30.3 Å². The maximum Gasteiger partial charge on any atom is 0.267 e. The summed E-state index contributed by atoms with van der Waals surface area (Å²) in [4.78, 5) is 31.9. The van der Waals surface area contributed by atoms with Crippen LogP contribution in [0.2, 0.25) is 0 Å². The maximum atomic E-state index is 13.5. The average molecular weight is 400 g/mol. The summed E-state index contributed by atoms with van der Waals surface area (Å²) in [6.07, 6.45) is 3.02. The Morgan fingerprint density at radius 2 is 2.11 bits per heavy atom. The van der Waals surface area contributed by atoms with Crippen LogP contribution in [0.15, 0.2) is 40.3 Å². The van der Waals surface area contributed by atoms with Crippen LogP contribution in [-0.2, 0) is 17.6 Å². The van der Waals surface area contributed by atoms with Gasteiger partial charge in [-0.15, -0.1) is 11.3 Å². The summed E-state index contributed by atoms with van der Waals surface area (Å²) < 4.78 is 1.62. The van der Waals surface area contributed by atoms with Crippen LogP contribution in [0.1, 0.15) is 30.7 Å². The number of hydrogen-bond donors (Lipinski definition) is 1. The number of para-hydroxylation sites is 1. The van der Waals surface area contributed by atoms with Crippen molar-refractivity contribution in [3.8, 4) is 5.69 Å². The number of amides is 1. The van der Waals surface area contributed by atoms with Crippen LogP contribution in [0.3, 0.4) is 0 Å². The number of nitrogens with zero attached hydrogens (tertiary/aromatic N) is 2.